The van der Waals surface area contributed by atoms with Crippen molar-refractivity contribution >= 4 is 20.5 Å². The van der Waals surface area contributed by atoms with Crippen molar-refractivity contribution in [2.45, 2.75) is 39.9 Å². The molecule has 0 fully saturated rings. The smallest absolute Gasteiger partial charge is 0.157 e. The Hall–Kier alpha value is -1.42. The van der Waals surface area contributed by atoms with E-state index >= 15 is 0 Å². The Bertz CT molecular complexity index is 415. The molecular formula is C14H22N2OSi. The number of benzene rings is 1. The van der Waals surface area contributed by atoms with Crippen molar-refractivity contribution in [1.29, 1.82) is 0 Å². The molecule has 0 saturated heterocycles. The Morgan fingerprint density at radius 2 is 1.83 bits per heavy atom. The van der Waals surface area contributed by atoms with Crippen molar-refractivity contribution in [3.63, 3.8) is 0 Å². The number of rotatable bonds is 6. The molecule has 0 aromatic heterocycles. The molecule has 0 aliphatic rings. The highest BCUT2D eigenvalue weighted by Gasteiger charge is 2.09. The molecule has 0 aliphatic carbocycles. The lowest BCUT2D eigenvalue weighted by atomic mass is 10.2. The maximum atomic E-state index is 11.1. The maximum absolute atomic E-state index is 11.1. The average molecular weight is 262 g/mol. The molecule has 0 unspecified atom stereocenters. The standard InChI is InChI=1S/C14H22N2OSi/c1-12(10-13(2)17)15-16(18(3)4)11-14-8-6-5-7-9-14/h5-9,18H,10-11H2,1-4H3. The highest BCUT2D eigenvalue weighted by Crippen LogP contribution is 2.08. The van der Waals surface area contributed by atoms with E-state index in [0.717, 1.165) is 12.3 Å². The van der Waals surface area contributed by atoms with Crippen LogP contribution in [0.1, 0.15) is 25.8 Å². The highest BCUT2D eigenvalue weighted by atomic mass is 28.3. The molecule has 1 aromatic carbocycles. The summed E-state index contributed by atoms with van der Waals surface area (Å²) >= 11 is 0. The lowest BCUT2D eigenvalue weighted by Gasteiger charge is -2.24. The zero-order valence-corrected chi connectivity index (χ0v) is 12.8. The fourth-order valence-electron chi connectivity index (χ4n) is 1.72. The van der Waals surface area contributed by atoms with Crippen LogP contribution < -0.4 is 0 Å². The number of ketones is 1. The minimum Gasteiger partial charge on any atom is -0.324 e. The molecule has 0 amide bonds. The van der Waals surface area contributed by atoms with Gasteiger partial charge < -0.3 is 4.67 Å². The Kier molecular flexibility index (Phi) is 5.78. The zero-order chi connectivity index (χ0) is 13.5. The lowest BCUT2D eigenvalue weighted by Crippen LogP contribution is -2.30. The molecule has 0 spiro atoms. The van der Waals surface area contributed by atoms with Gasteiger partial charge in [0.1, 0.15) is 5.78 Å². The Morgan fingerprint density at radius 1 is 1.22 bits per heavy atom. The second-order valence-corrected chi connectivity index (χ2v) is 7.67. The van der Waals surface area contributed by atoms with E-state index in [4.69, 9.17) is 0 Å². The zero-order valence-electron chi connectivity index (χ0n) is 11.7. The third-order valence-corrected chi connectivity index (χ3v) is 4.08. The fraction of sp³-hybridized carbons (Fsp3) is 0.429. The summed E-state index contributed by atoms with van der Waals surface area (Å²) in [5.74, 6) is 0.168. The van der Waals surface area contributed by atoms with E-state index < -0.39 is 8.96 Å². The van der Waals surface area contributed by atoms with Gasteiger partial charge >= 0.3 is 0 Å². The summed E-state index contributed by atoms with van der Waals surface area (Å²) in [5, 5.41) is 4.60. The van der Waals surface area contributed by atoms with E-state index in [9.17, 15) is 4.79 Å². The molecule has 0 heterocycles. The molecule has 4 heteroatoms. The van der Waals surface area contributed by atoms with E-state index in [1.165, 1.54) is 5.56 Å². The highest BCUT2D eigenvalue weighted by molar-refractivity contribution is 6.52. The van der Waals surface area contributed by atoms with Crippen LogP contribution in [0.15, 0.2) is 35.4 Å². The van der Waals surface area contributed by atoms with Crippen molar-refractivity contribution in [3.05, 3.63) is 35.9 Å². The summed E-state index contributed by atoms with van der Waals surface area (Å²) < 4.78 is 2.16. The number of carbonyl (C=O) groups excluding carboxylic acids is 1. The fourth-order valence-corrected chi connectivity index (χ4v) is 2.72. The second kappa shape index (κ2) is 7.11. The third-order valence-electron chi connectivity index (χ3n) is 2.59. The van der Waals surface area contributed by atoms with Crippen molar-refractivity contribution in [3.8, 4) is 0 Å². The largest absolute Gasteiger partial charge is 0.324 e. The van der Waals surface area contributed by atoms with Crippen LogP contribution in [0.25, 0.3) is 0 Å². The first-order chi connectivity index (χ1) is 8.49. The van der Waals surface area contributed by atoms with Gasteiger partial charge in [-0.25, -0.2) is 0 Å². The summed E-state index contributed by atoms with van der Waals surface area (Å²) in [5.41, 5.74) is 2.16. The van der Waals surface area contributed by atoms with E-state index in [0.29, 0.717) is 6.42 Å². The Labute approximate surface area is 111 Å². The van der Waals surface area contributed by atoms with Crippen LogP contribution in [-0.2, 0) is 11.3 Å². The minimum absolute atomic E-state index is 0.168. The van der Waals surface area contributed by atoms with Gasteiger partial charge in [0.15, 0.2) is 8.96 Å². The van der Waals surface area contributed by atoms with Gasteiger partial charge in [0, 0.05) is 12.1 Å². The molecule has 98 valence electrons. The minimum atomic E-state index is -1.02. The van der Waals surface area contributed by atoms with Crippen molar-refractivity contribution in [2.24, 2.45) is 5.10 Å². The number of Topliss-reactive ketones (excluding diaryl/α,β-unsaturated/α-hetero) is 1. The topological polar surface area (TPSA) is 32.7 Å². The van der Waals surface area contributed by atoms with Crippen LogP contribution >= 0.6 is 0 Å². The predicted octanol–water partition coefficient (Wildman–Crippen LogP) is 2.83. The molecule has 0 atom stereocenters. The molecule has 18 heavy (non-hydrogen) atoms. The van der Waals surface area contributed by atoms with Gasteiger partial charge in [0.25, 0.3) is 0 Å². The molecule has 1 rings (SSSR count). The monoisotopic (exact) mass is 262 g/mol. The van der Waals surface area contributed by atoms with E-state index in [1.54, 1.807) is 6.92 Å². The summed E-state index contributed by atoms with van der Waals surface area (Å²) in [6.07, 6.45) is 0.451. The molecule has 3 nitrogen and oxygen atoms in total. The maximum Gasteiger partial charge on any atom is 0.157 e. The molecule has 0 N–H and O–H groups in total. The van der Waals surface area contributed by atoms with Gasteiger partial charge in [-0.3, -0.25) is 4.79 Å². The van der Waals surface area contributed by atoms with E-state index in [-0.39, 0.29) is 5.78 Å². The SMILES string of the molecule is CC(=O)CC(C)=NN(Cc1ccccc1)[SiH](C)C. The molecule has 0 saturated carbocycles. The van der Waals surface area contributed by atoms with Crippen LogP contribution in [0.5, 0.6) is 0 Å². The molecule has 0 aliphatic heterocycles. The van der Waals surface area contributed by atoms with Gasteiger partial charge in [-0.05, 0) is 19.4 Å². The molecular weight excluding hydrogens is 240 g/mol. The number of hydrogen-bond donors (Lipinski definition) is 0. The van der Waals surface area contributed by atoms with Gasteiger partial charge in [0.05, 0.1) is 6.54 Å². The molecule has 0 radical (unpaired) electrons. The van der Waals surface area contributed by atoms with Crippen molar-refractivity contribution in [1.82, 2.24) is 4.67 Å². The number of hydrogen-bond acceptors (Lipinski definition) is 3. The van der Waals surface area contributed by atoms with Crippen molar-refractivity contribution < 1.29 is 4.79 Å². The van der Waals surface area contributed by atoms with Crippen LogP contribution in [-0.4, -0.2) is 25.1 Å². The van der Waals surface area contributed by atoms with Crippen molar-refractivity contribution in [2.75, 3.05) is 0 Å². The van der Waals surface area contributed by atoms with Gasteiger partial charge in [-0.1, -0.05) is 43.4 Å². The van der Waals surface area contributed by atoms with Crippen LogP contribution in [0, 0.1) is 0 Å². The van der Waals surface area contributed by atoms with Gasteiger partial charge in [-0.15, -0.1) is 0 Å². The number of hydrazone groups is 1. The first kappa shape index (κ1) is 14.6. The summed E-state index contributed by atoms with van der Waals surface area (Å²) in [6, 6.07) is 10.3. The Balaban J connectivity index is 2.75. The summed E-state index contributed by atoms with van der Waals surface area (Å²) in [7, 11) is -1.02. The quantitative estimate of drug-likeness (QED) is 0.448. The normalized spacial score (nSPS) is 11.7. The second-order valence-electron chi connectivity index (χ2n) is 4.89. The van der Waals surface area contributed by atoms with Crippen LogP contribution in [0.3, 0.4) is 0 Å². The molecule has 1 aromatic rings. The average Bonchev–Trinajstić information content (AvgIpc) is 2.28. The summed E-state index contributed by atoms with van der Waals surface area (Å²) in [4.78, 5) is 11.1. The predicted molar refractivity (Wildman–Crippen MR) is 79.3 cm³/mol. The van der Waals surface area contributed by atoms with E-state index in [2.05, 4.69) is 35.0 Å². The van der Waals surface area contributed by atoms with E-state index in [1.807, 2.05) is 25.1 Å². The number of carbonyl (C=O) groups is 1. The van der Waals surface area contributed by atoms with Crippen LogP contribution in [0.2, 0.25) is 13.1 Å². The third kappa shape index (κ3) is 5.27. The first-order valence-corrected chi connectivity index (χ1v) is 9.15. The Morgan fingerprint density at radius 3 is 2.33 bits per heavy atom. The van der Waals surface area contributed by atoms with Crippen LogP contribution in [0.4, 0.5) is 0 Å². The summed E-state index contributed by atoms with van der Waals surface area (Å²) in [6.45, 7) is 8.85. The first-order valence-electron chi connectivity index (χ1n) is 6.33. The van der Waals surface area contributed by atoms with Gasteiger partial charge in [0.2, 0.25) is 0 Å². The number of nitrogens with zero attached hydrogens (tertiary/aromatic N) is 2. The van der Waals surface area contributed by atoms with Gasteiger partial charge in [-0.2, -0.15) is 5.10 Å². The molecule has 0 bridgehead atoms. The lowest BCUT2D eigenvalue weighted by molar-refractivity contribution is -0.115.